The van der Waals surface area contributed by atoms with Gasteiger partial charge in [0.15, 0.2) is 0 Å². The molecule has 16 heavy (non-hydrogen) atoms. The molecule has 1 amide bonds. The van der Waals surface area contributed by atoms with E-state index in [2.05, 4.69) is 18.7 Å². The minimum absolute atomic E-state index is 0.252. The Morgan fingerprint density at radius 2 is 2.00 bits per heavy atom. The van der Waals surface area contributed by atoms with Crippen LogP contribution in [0, 0.1) is 0 Å². The Kier molecular flexibility index (Phi) is 5.06. The number of hydrogen-bond acceptors (Lipinski definition) is 3. The molecule has 1 aliphatic carbocycles. The van der Waals surface area contributed by atoms with Gasteiger partial charge in [0.2, 0.25) is 0 Å². The van der Waals surface area contributed by atoms with Crippen molar-refractivity contribution in [2.75, 3.05) is 27.2 Å². The van der Waals surface area contributed by atoms with E-state index >= 15 is 0 Å². The molecular formula is C12H24N2O2. The van der Waals surface area contributed by atoms with Crippen LogP contribution in [0.1, 0.15) is 33.1 Å². The van der Waals surface area contributed by atoms with Gasteiger partial charge in [0, 0.05) is 32.7 Å². The van der Waals surface area contributed by atoms with Crippen molar-refractivity contribution in [1.29, 1.82) is 0 Å². The largest absolute Gasteiger partial charge is 0.448 e. The molecule has 0 unspecified atom stereocenters. The normalized spacial score (nSPS) is 16.4. The summed E-state index contributed by atoms with van der Waals surface area (Å²) in [5.74, 6) is 0. The Balaban J connectivity index is 2.25. The summed E-state index contributed by atoms with van der Waals surface area (Å²) in [7, 11) is 3.41. The molecule has 0 aliphatic heterocycles. The number of hydrogen-bond donors (Lipinski definition) is 0. The third-order valence-electron chi connectivity index (χ3n) is 3.15. The van der Waals surface area contributed by atoms with Crippen LogP contribution in [0.3, 0.4) is 0 Å². The average molecular weight is 228 g/mol. The summed E-state index contributed by atoms with van der Waals surface area (Å²) >= 11 is 0. The first kappa shape index (κ1) is 13.3. The van der Waals surface area contributed by atoms with E-state index in [-0.39, 0.29) is 6.09 Å². The lowest BCUT2D eigenvalue weighted by Crippen LogP contribution is -2.46. The van der Waals surface area contributed by atoms with E-state index in [9.17, 15) is 4.79 Å². The van der Waals surface area contributed by atoms with Crippen LogP contribution in [0.4, 0.5) is 4.79 Å². The lowest BCUT2D eigenvalue weighted by Gasteiger charge is -2.40. The fourth-order valence-corrected chi connectivity index (χ4v) is 1.95. The van der Waals surface area contributed by atoms with E-state index < -0.39 is 0 Å². The van der Waals surface area contributed by atoms with E-state index in [0.717, 1.165) is 6.54 Å². The molecule has 4 heteroatoms. The van der Waals surface area contributed by atoms with E-state index in [4.69, 9.17) is 4.74 Å². The SMILES string of the molecule is CC(C)N(CCOC(=O)N(C)C)C1CCC1. The lowest BCUT2D eigenvalue weighted by atomic mass is 9.90. The molecule has 1 rings (SSSR count). The molecular weight excluding hydrogens is 204 g/mol. The first-order chi connectivity index (χ1) is 7.52. The molecule has 94 valence electrons. The molecule has 1 fully saturated rings. The van der Waals surface area contributed by atoms with Gasteiger partial charge in [-0.05, 0) is 26.7 Å². The minimum atomic E-state index is -0.252. The summed E-state index contributed by atoms with van der Waals surface area (Å²) in [6.07, 6.45) is 3.67. The smallest absolute Gasteiger partial charge is 0.409 e. The molecule has 0 N–H and O–H groups in total. The summed E-state index contributed by atoms with van der Waals surface area (Å²) in [5.41, 5.74) is 0. The maximum atomic E-state index is 11.2. The second-order valence-electron chi connectivity index (χ2n) is 4.93. The molecule has 0 aromatic heterocycles. The zero-order valence-corrected chi connectivity index (χ0v) is 10.9. The third-order valence-corrected chi connectivity index (χ3v) is 3.15. The van der Waals surface area contributed by atoms with Crippen LogP contribution in [-0.4, -0.2) is 55.2 Å². The van der Waals surface area contributed by atoms with Crippen LogP contribution in [0.2, 0.25) is 0 Å². The Labute approximate surface area is 98.5 Å². The van der Waals surface area contributed by atoms with Crippen molar-refractivity contribution in [3.63, 3.8) is 0 Å². The predicted octanol–water partition coefficient (Wildman–Crippen LogP) is 1.95. The standard InChI is InChI=1S/C12H24N2O2/c1-10(2)14(11-6-5-7-11)8-9-16-12(15)13(3)4/h10-11H,5-9H2,1-4H3. The van der Waals surface area contributed by atoms with Crippen molar-refractivity contribution in [3.8, 4) is 0 Å². The van der Waals surface area contributed by atoms with E-state index in [0.29, 0.717) is 18.7 Å². The van der Waals surface area contributed by atoms with Crippen molar-refractivity contribution in [3.05, 3.63) is 0 Å². The Bertz CT molecular complexity index is 225. The number of rotatable bonds is 5. The summed E-state index contributed by atoms with van der Waals surface area (Å²) in [4.78, 5) is 15.1. The first-order valence-electron chi connectivity index (χ1n) is 6.12. The van der Waals surface area contributed by atoms with E-state index in [1.54, 1.807) is 14.1 Å². The summed E-state index contributed by atoms with van der Waals surface area (Å²) < 4.78 is 5.15. The van der Waals surface area contributed by atoms with Crippen LogP contribution < -0.4 is 0 Å². The van der Waals surface area contributed by atoms with Crippen molar-refractivity contribution < 1.29 is 9.53 Å². The Hall–Kier alpha value is -0.770. The van der Waals surface area contributed by atoms with Crippen LogP contribution in [-0.2, 0) is 4.74 Å². The maximum absolute atomic E-state index is 11.2. The fourth-order valence-electron chi connectivity index (χ4n) is 1.95. The predicted molar refractivity (Wildman–Crippen MR) is 64.5 cm³/mol. The number of ether oxygens (including phenoxy) is 1. The number of amides is 1. The van der Waals surface area contributed by atoms with Crippen LogP contribution >= 0.6 is 0 Å². The van der Waals surface area contributed by atoms with Gasteiger partial charge in [-0.2, -0.15) is 0 Å². The summed E-state index contributed by atoms with van der Waals surface area (Å²) in [5, 5.41) is 0. The molecule has 0 saturated heterocycles. The first-order valence-corrected chi connectivity index (χ1v) is 6.12. The number of carbonyl (C=O) groups excluding carboxylic acids is 1. The van der Waals surface area contributed by atoms with Gasteiger partial charge in [-0.15, -0.1) is 0 Å². The molecule has 1 saturated carbocycles. The van der Waals surface area contributed by atoms with Gasteiger partial charge in [0.1, 0.15) is 6.61 Å². The minimum Gasteiger partial charge on any atom is -0.448 e. The van der Waals surface area contributed by atoms with E-state index in [1.165, 1.54) is 24.2 Å². The molecule has 0 atom stereocenters. The molecule has 0 aromatic rings. The van der Waals surface area contributed by atoms with Gasteiger partial charge < -0.3 is 9.64 Å². The second-order valence-corrected chi connectivity index (χ2v) is 4.93. The van der Waals surface area contributed by atoms with Gasteiger partial charge in [-0.1, -0.05) is 6.42 Å². The molecule has 0 spiro atoms. The van der Waals surface area contributed by atoms with Crippen molar-refractivity contribution in [2.45, 2.75) is 45.2 Å². The quantitative estimate of drug-likeness (QED) is 0.721. The van der Waals surface area contributed by atoms with Crippen LogP contribution in [0.5, 0.6) is 0 Å². The van der Waals surface area contributed by atoms with Crippen molar-refractivity contribution in [2.24, 2.45) is 0 Å². The van der Waals surface area contributed by atoms with Crippen LogP contribution in [0.25, 0.3) is 0 Å². The topological polar surface area (TPSA) is 32.8 Å². The average Bonchev–Trinajstić information content (AvgIpc) is 2.12. The van der Waals surface area contributed by atoms with Gasteiger partial charge in [-0.3, -0.25) is 4.90 Å². The molecule has 1 aliphatic rings. The molecule has 0 radical (unpaired) electrons. The zero-order valence-electron chi connectivity index (χ0n) is 10.9. The molecule has 0 bridgehead atoms. The van der Waals surface area contributed by atoms with E-state index in [1.807, 2.05) is 0 Å². The molecule has 4 nitrogen and oxygen atoms in total. The highest BCUT2D eigenvalue weighted by molar-refractivity contribution is 5.66. The van der Waals surface area contributed by atoms with Gasteiger partial charge >= 0.3 is 6.09 Å². The Morgan fingerprint density at radius 3 is 2.38 bits per heavy atom. The monoisotopic (exact) mass is 228 g/mol. The van der Waals surface area contributed by atoms with Crippen molar-refractivity contribution in [1.82, 2.24) is 9.80 Å². The van der Waals surface area contributed by atoms with Gasteiger partial charge in [0.25, 0.3) is 0 Å². The zero-order chi connectivity index (χ0) is 12.1. The highest BCUT2D eigenvalue weighted by atomic mass is 16.6. The molecule has 0 heterocycles. The lowest BCUT2D eigenvalue weighted by molar-refractivity contribution is 0.0560. The summed E-state index contributed by atoms with van der Waals surface area (Å²) in [6, 6.07) is 1.24. The van der Waals surface area contributed by atoms with Crippen molar-refractivity contribution >= 4 is 6.09 Å². The number of carbonyl (C=O) groups is 1. The maximum Gasteiger partial charge on any atom is 0.409 e. The highest BCUT2D eigenvalue weighted by Gasteiger charge is 2.26. The van der Waals surface area contributed by atoms with Gasteiger partial charge in [-0.25, -0.2) is 4.79 Å². The third kappa shape index (κ3) is 3.67. The summed E-state index contributed by atoms with van der Waals surface area (Å²) in [6.45, 7) is 5.74. The van der Waals surface area contributed by atoms with Crippen LogP contribution in [0.15, 0.2) is 0 Å². The number of nitrogens with zero attached hydrogens (tertiary/aromatic N) is 2. The second kappa shape index (κ2) is 6.09. The van der Waals surface area contributed by atoms with Gasteiger partial charge in [0.05, 0.1) is 0 Å². The molecule has 0 aromatic carbocycles. The highest BCUT2D eigenvalue weighted by Crippen LogP contribution is 2.25. The fraction of sp³-hybridized carbons (Fsp3) is 0.917. The Morgan fingerprint density at radius 1 is 1.38 bits per heavy atom.